The van der Waals surface area contributed by atoms with Gasteiger partial charge in [0.15, 0.2) is 10.8 Å². The van der Waals surface area contributed by atoms with Crippen molar-refractivity contribution in [3.05, 3.63) is 46.0 Å². The van der Waals surface area contributed by atoms with Crippen molar-refractivity contribution in [1.82, 2.24) is 9.88 Å². The van der Waals surface area contributed by atoms with Gasteiger partial charge in [0.2, 0.25) is 0 Å². The molecule has 0 N–H and O–H groups in total. The summed E-state index contributed by atoms with van der Waals surface area (Å²) in [5, 5.41) is 2.94. The van der Waals surface area contributed by atoms with Crippen LogP contribution in [0.3, 0.4) is 0 Å². The number of aromatic nitrogens is 1. The van der Waals surface area contributed by atoms with Crippen LogP contribution in [-0.4, -0.2) is 66.1 Å². The van der Waals surface area contributed by atoms with E-state index in [-0.39, 0.29) is 5.91 Å². The first-order valence-electron chi connectivity index (χ1n) is 10.8. The molecule has 1 aromatic carbocycles. The van der Waals surface area contributed by atoms with Gasteiger partial charge in [-0.25, -0.2) is 9.78 Å². The van der Waals surface area contributed by atoms with E-state index in [1.165, 1.54) is 16.7 Å². The number of nitrogens with zero attached hydrogens (tertiary/aromatic N) is 4. The summed E-state index contributed by atoms with van der Waals surface area (Å²) < 4.78 is 0.479. The van der Waals surface area contributed by atoms with E-state index >= 15 is 0 Å². The highest BCUT2D eigenvalue weighted by Gasteiger charge is 2.34. The van der Waals surface area contributed by atoms with Gasteiger partial charge in [-0.05, 0) is 45.7 Å². The second-order valence-corrected chi connectivity index (χ2v) is 8.94. The predicted molar refractivity (Wildman–Crippen MR) is 122 cm³/mol. The summed E-state index contributed by atoms with van der Waals surface area (Å²) in [4.78, 5) is 22.7. The lowest BCUT2D eigenvalue weighted by Gasteiger charge is -2.35. The zero-order valence-electron chi connectivity index (χ0n) is 18.6. The lowest BCUT2D eigenvalue weighted by atomic mass is 10.0. The number of piperazine rings is 1. The van der Waals surface area contributed by atoms with Gasteiger partial charge in [0.1, 0.15) is 0 Å². The van der Waals surface area contributed by atoms with Crippen LogP contribution in [0.2, 0.25) is 0 Å². The monoisotopic (exact) mass is 415 g/mol. The van der Waals surface area contributed by atoms with Crippen LogP contribution in [0.4, 0.5) is 5.13 Å². The lowest BCUT2D eigenvalue weighted by Crippen LogP contribution is -2.52. The Morgan fingerprint density at radius 2 is 1.72 bits per heavy atom. The van der Waals surface area contributed by atoms with E-state index in [0.29, 0.717) is 10.2 Å². The molecule has 1 amide bonds. The molecule has 0 saturated carbocycles. The fraction of sp³-hybridized carbons (Fsp3) is 0.565. The van der Waals surface area contributed by atoms with E-state index < -0.39 is 0 Å². The van der Waals surface area contributed by atoms with Gasteiger partial charge in [0, 0.05) is 38.1 Å². The van der Waals surface area contributed by atoms with Crippen molar-refractivity contribution in [2.24, 2.45) is 0 Å². The molecule has 2 heterocycles. The molecule has 1 aliphatic heterocycles. The predicted octanol–water partition coefficient (Wildman–Crippen LogP) is 4.10. The zero-order valence-corrected chi connectivity index (χ0v) is 19.4. The topological polar surface area (TPSA) is 36.4 Å². The number of carbonyl (C=O) groups is 1. The van der Waals surface area contributed by atoms with Gasteiger partial charge in [-0.3, -0.25) is 9.38 Å². The van der Waals surface area contributed by atoms with Crippen molar-refractivity contribution < 1.29 is 9.28 Å². The molecule has 29 heavy (non-hydrogen) atoms. The van der Waals surface area contributed by atoms with Crippen molar-refractivity contribution in [3.8, 4) is 0 Å². The summed E-state index contributed by atoms with van der Waals surface area (Å²) in [6, 6.07) is 6.71. The first-order valence-corrected chi connectivity index (χ1v) is 11.7. The Balaban J connectivity index is 1.62. The van der Waals surface area contributed by atoms with Crippen molar-refractivity contribution in [2.75, 3.05) is 50.7 Å². The highest BCUT2D eigenvalue weighted by atomic mass is 32.1. The first-order chi connectivity index (χ1) is 13.9. The maximum Gasteiger partial charge on any atom is 0.365 e. The maximum absolute atomic E-state index is 13.1. The molecular formula is C23H35N4OS+. The van der Waals surface area contributed by atoms with Crippen molar-refractivity contribution in [1.29, 1.82) is 0 Å². The summed E-state index contributed by atoms with van der Waals surface area (Å²) in [5.41, 5.74) is 4.75. The molecule has 1 aliphatic rings. The highest BCUT2D eigenvalue weighted by molar-refractivity contribution is 7.13. The highest BCUT2D eigenvalue weighted by Crippen LogP contribution is 2.25. The van der Waals surface area contributed by atoms with Crippen LogP contribution in [-0.2, 0) is 6.54 Å². The normalized spacial score (nSPS) is 15.7. The van der Waals surface area contributed by atoms with Crippen molar-refractivity contribution in [2.45, 2.75) is 41.2 Å². The number of benzene rings is 1. The van der Waals surface area contributed by atoms with Gasteiger partial charge < -0.3 is 4.90 Å². The first kappa shape index (κ1) is 21.9. The van der Waals surface area contributed by atoms with Crippen LogP contribution in [0.15, 0.2) is 23.6 Å². The molecule has 0 aliphatic carbocycles. The fourth-order valence-electron chi connectivity index (χ4n) is 4.16. The summed E-state index contributed by atoms with van der Waals surface area (Å²) >= 11 is 1.61. The quantitative estimate of drug-likeness (QED) is 0.638. The van der Waals surface area contributed by atoms with E-state index in [1.807, 2.05) is 5.38 Å². The number of hydrogen-bond acceptors (Lipinski definition) is 5. The lowest BCUT2D eigenvalue weighted by molar-refractivity contribution is -0.843. The van der Waals surface area contributed by atoms with Gasteiger partial charge in [-0.1, -0.05) is 23.8 Å². The molecule has 158 valence electrons. The summed E-state index contributed by atoms with van der Waals surface area (Å²) in [5.74, 6) is 0.161. The Labute approximate surface area is 179 Å². The van der Waals surface area contributed by atoms with E-state index in [4.69, 9.17) is 4.98 Å². The second-order valence-electron chi connectivity index (χ2n) is 8.11. The molecule has 6 heteroatoms. The Kier molecular flexibility index (Phi) is 7.09. The third-order valence-corrected chi connectivity index (χ3v) is 7.40. The van der Waals surface area contributed by atoms with Crippen LogP contribution in [0.1, 0.15) is 48.0 Å². The second kappa shape index (κ2) is 9.37. The van der Waals surface area contributed by atoms with Crippen LogP contribution in [0.5, 0.6) is 0 Å². The number of rotatable bonds is 7. The van der Waals surface area contributed by atoms with Gasteiger partial charge in [0.25, 0.3) is 0 Å². The summed E-state index contributed by atoms with van der Waals surface area (Å²) in [6.07, 6.45) is 0. The Morgan fingerprint density at radius 3 is 2.34 bits per heavy atom. The number of amides is 1. The molecule has 1 fully saturated rings. The van der Waals surface area contributed by atoms with Crippen molar-refractivity contribution >= 4 is 22.4 Å². The molecule has 0 bridgehead atoms. The minimum atomic E-state index is 0.161. The fourth-order valence-corrected chi connectivity index (χ4v) is 5.01. The molecule has 3 rings (SSSR count). The number of hydrogen-bond donors (Lipinski definition) is 0. The summed E-state index contributed by atoms with van der Waals surface area (Å²) in [7, 11) is 0. The molecular weight excluding hydrogens is 380 g/mol. The molecule has 0 unspecified atom stereocenters. The Bertz CT molecular complexity index is 827. The smallest absolute Gasteiger partial charge is 0.346 e. The van der Waals surface area contributed by atoms with Crippen LogP contribution in [0, 0.1) is 13.8 Å². The van der Waals surface area contributed by atoms with Crippen LogP contribution >= 0.6 is 11.3 Å². The standard InChI is InChI=1S/C23H35N4OS/c1-6-27(7-2,8-3)22(28)21-17-29-23(24-21)26-13-11-25(12-14-26)16-20-15-18(4)9-10-19(20)5/h9-10,15,17H,6-8,11-14,16H2,1-5H3/q+1. The maximum atomic E-state index is 13.1. The summed E-state index contributed by atoms with van der Waals surface area (Å²) in [6.45, 7) is 18.0. The third-order valence-electron chi connectivity index (χ3n) is 6.50. The number of quaternary nitrogens is 1. The Morgan fingerprint density at radius 1 is 1.07 bits per heavy atom. The average Bonchev–Trinajstić information content (AvgIpc) is 3.23. The SMILES string of the molecule is CC[N+](CC)(CC)C(=O)c1csc(N2CCN(Cc3cc(C)ccc3C)CC2)n1. The minimum Gasteiger partial charge on any atom is -0.346 e. The molecule has 1 aromatic heterocycles. The molecule has 1 saturated heterocycles. The minimum absolute atomic E-state index is 0.161. The molecule has 0 atom stereocenters. The molecule has 0 spiro atoms. The van der Waals surface area contributed by atoms with Gasteiger partial charge in [-0.2, -0.15) is 0 Å². The van der Waals surface area contributed by atoms with E-state index in [0.717, 1.165) is 57.5 Å². The molecule has 2 aromatic rings. The largest absolute Gasteiger partial charge is 0.365 e. The zero-order chi connectivity index (χ0) is 21.0. The van der Waals surface area contributed by atoms with Gasteiger partial charge >= 0.3 is 5.91 Å². The number of carbonyl (C=O) groups excluding carboxylic acids is 1. The van der Waals surface area contributed by atoms with E-state index in [9.17, 15) is 4.79 Å². The van der Waals surface area contributed by atoms with Gasteiger partial charge in [-0.15, -0.1) is 11.3 Å². The molecule has 5 nitrogen and oxygen atoms in total. The number of aryl methyl sites for hydroxylation is 2. The Hall–Kier alpha value is -1.76. The van der Waals surface area contributed by atoms with Gasteiger partial charge in [0.05, 0.1) is 19.6 Å². The third kappa shape index (κ3) is 4.71. The average molecular weight is 416 g/mol. The van der Waals surface area contributed by atoms with E-state index in [1.54, 1.807) is 11.3 Å². The van der Waals surface area contributed by atoms with E-state index in [2.05, 4.69) is 62.6 Å². The number of anilines is 1. The number of thiazole rings is 1. The van der Waals surface area contributed by atoms with Crippen LogP contribution in [0.25, 0.3) is 0 Å². The van der Waals surface area contributed by atoms with Crippen LogP contribution < -0.4 is 4.90 Å². The van der Waals surface area contributed by atoms with Crippen molar-refractivity contribution in [3.63, 3.8) is 0 Å². The molecule has 0 radical (unpaired) electrons.